The van der Waals surface area contributed by atoms with Crippen LogP contribution in [-0.2, 0) is 13.1 Å². The van der Waals surface area contributed by atoms with Crippen molar-refractivity contribution in [3.05, 3.63) is 82.9 Å². The van der Waals surface area contributed by atoms with Gasteiger partial charge in [0.25, 0.3) is 0 Å². The molecule has 0 spiro atoms. The van der Waals surface area contributed by atoms with E-state index in [2.05, 4.69) is 9.97 Å². The van der Waals surface area contributed by atoms with Gasteiger partial charge in [0, 0.05) is 27.2 Å². The molecule has 154 valence electrons. The Balaban J connectivity index is 2.08. The maximum atomic E-state index is 9.34. The third kappa shape index (κ3) is 5.37. The lowest BCUT2D eigenvalue weighted by Gasteiger charge is -2.26. The fourth-order valence-electron chi connectivity index (χ4n) is 3.27. The van der Waals surface area contributed by atoms with E-state index >= 15 is 0 Å². The van der Waals surface area contributed by atoms with Gasteiger partial charge < -0.3 is 15.5 Å². The van der Waals surface area contributed by atoms with Gasteiger partial charge in [-0.3, -0.25) is 0 Å². The third-order valence-corrected chi connectivity index (χ3v) is 4.70. The molecule has 0 saturated carbocycles. The van der Waals surface area contributed by atoms with Gasteiger partial charge >= 0.3 is 0 Å². The van der Waals surface area contributed by atoms with Gasteiger partial charge in [0.15, 0.2) is 0 Å². The summed E-state index contributed by atoms with van der Waals surface area (Å²) in [4.78, 5) is 12.8. The van der Waals surface area contributed by atoms with Gasteiger partial charge in [0.05, 0.1) is 5.56 Å². The molecule has 0 fully saturated rings. The fourth-order valence-corrected chi connectivity index (χ4v) is 3.27. The Bertz CT molecular complexity index is 1060. The standard InChI is InChI=1S/C24H23N7/c1-30(16-18-9-5-3-6-10-18)22-21(13-20(14-25)15-26)23(29-24(27)28-22)31(2)17-19-11-7-4-8-12-19/h3-13H,16-17H2,1-2H3,(H2,27,28,29). The summed E-state index contributed by atoms with van der Waals surface area (Å²) in [5, 5.41) is 18.7. The van der Waals surface area contributed by atoms with Crippen molar-refractivity contribution in [3.63, 3.8) is 0 Å². The number of nitrogen functional groups attached to an aromatic ring is 1. The number of aromatic nitrogens is 2. The second-order valence-electron chi connectivity index (χ2n) is 7.11. The molecule has 31 heavy (non-hydrogen) atoms. The van der Waals surface area contributed by atoms with Gasteiger partial charge in [0.1, 0.15) is 29.3 Å². The Labute approximate surface area is 182 Å². The Morgan fingerprint density at radius 1 is 0.839 bits per heavy atom. The van der Waals surface area contributed by atoms with Crippen molar-refractivity contribution in [2.75, 3.05) is 29.6 Å². The Morgan fingerprint density at radius 3 is 1.65 bits per heavy atom. The van der Waals surface area contributed by atoms with Gasteiger partial charge in [-0.25, -0.2) is 0 Å². The first-order chi connectivity index (χ1) is 15.0. The van der Waals surface area contributed by atoms with Crippen LogP contribution < -0.4 is 15.5 Å². The second kappa shape index (κ2) is 9.91. The number of hydrogen-bond donors (Lipinski definition) is 1. The lowest BCUT2D eigenvalue weighted by Crippen LogP contribution is -2.24. The Kier molecular flexibility index (Phi) is 6.82. The number of allylic oxidation sites excluding steroid dienone is 1. The van der Waals surface area contributed by atoms with E-state index in [1.807, 2.05) is 96.7 Å². The summed E-state index contributed by atoms with van der Waals surface area (Å²) in [5.41, 5.74) is 8.79. The first-order valence-electron chi connectivity index (χ1n) is 9.71. The molecule has 2 N–H and O–H groups in total. The van der Waals surface area contributed by atoms with Crippen LogP contribution in [0, 0.1) is 22.7 Å². The summed E-state index contributed by atoms with van der Waals surface area (Å²) in [6.45, 7) is 1.16. The Morgan fingerprint density at radius 2 is 1.26 bits per heavy atom. The molecule has 0 unspecified atom stereocenters. The van der Waals surface area contributed by atoms with Crippen molar-refractivity contribution in [2.24, 2.45) is 0 Å². The molecule has 3 aromatic rings. The zero-order valence-electron chi connectivity index (χ0n) is 17.5. The number of hydrogen-bond acceptors (Lipinski definition) is 7. The molecule has 3 rings (SSSR count). The smallest absolute Gasteiger partial charge is 0.223 e. The van der Waals surface area contributed by atoms with Crippen molar-refractivity contribution < 1.29 is 0 Å². The number of nitrogens with zero attached hydrogens (tertiary/aromatic N) is 6. The maximum Gasteiger partial charge on any atom is 0.223 e. The molecule has 0 aliphatic rings. The topological polar surface area (TPSA) is 106 Å². The normalized spacial score (nSPS) is 9.94. The number of nitrogens with two attached hydrogens (primary N) is 1. The quantitative estimate of drug-likeness (QED) is 0.592. The first kappa shape index (κ1) is 21.4. The monoisotopic (exact) mass is 409 g/mol. The van der Waals surface area contributed by atoms with Crippen molar-refractivity contribution >= 4 is 23.7 Å². The second-order valence-corrected chi connectivity index (χ2v) is 7.11. The van der Waals surface area contributed by atoms with Crippen molar-refractivity contribution in [3.8, 4) is 12.1 Å². The van der Waals surface area contributed by atoms with Crippen LogP contribution in [0.3, 0.4) is 0 Å². The molecule has 7 heteroatoms. The average molecular weight is 409 g/mol. The van der Waals surface area contributed by atoms with E-state index in [1.54, 1.807) is 0 Å². The molecule has 0 atom stereocenters. The molecule has 1 aromatic heterocycles. The molecule has 2 aromatic carbocycles. The van der Waals surface area contributed by atoms with E-state index in [4.69, 9.17) is 5.73 Å². The minimum absolute atomic E-state index is 0.0305. The SMILES string of the molecule is CN(Cc1ccccc1)c1nc(N)nc(N(C)Cc2ccccc2)c1C=C(C#N)C#N. The van der Waals surface area contributed by atoms with Crippen LogP contribution in [0.4, 0.5) is 17.6 Å². The van der Waals surface area contributed by atoms with Gasteiger partial charge in [0.2, 0.25) is 5.95 Å². The number of benzene rings is 2. The average Bonchev–Trinajstić information content (AvgIpc) is 2.79. The molecular weight excluding hydrogens is 386 g/mol. The lowest BCUT2D eigenvalue weighted by molar-refractivity contribution is 0.864. The summed E-state index contributed by atoms with van der Waals surface area (Å²) in [5.74, 6) is 1.22. The van der Waals surface area contributed by atoms with E-state index in [9.17, 15) is 10.5 Å². The summed E-state index contributed by atoms with van der Waals surface area (Å²) in [6, 6.07) is 23.8. The van der Waals surface area contributed by atoms with Crippen LogP contribution in [0.1, 0.15) is 16.7 Å². The summed E-state index contributed by atoms with van der Waals surface area (Å²) >= 11 is 0. The van der Waals surface area contributed by atoms with E-state index in [0.29, 0.717) is 30.3 Å². The zero-order valence-corrected chi connectivity index (χ0v) is 17.5. The zero-order chi connectivity index (χ0) is 22.2. The van der Waals surface area contributed by atoms with E-state index < -0.39 is 0 Å². The van der Waals surface area contributed by atoms with Gasteiger partial charge in [-0.15, -0.1) is 0 Å². The third-order valence-electron chi connectivity index (χ3n) is 4.70. The van der Waals surface area contributed by atoms with E-state index in [1.165, 1.54) is 6.08 Å². The van der Waals surface area contributed by atoms with Crippen LogP contribution in [0.2, 0.25) is 0 Å². The molecule has 7 nitrogen and oxygen atoms in total. The summed E-state index contributed by atoms with van der Waals surface area (Å²) in [6.07, 6.45) is 1.52. The predicted octanol–water partition coefficient (Wildman–Crippen LogP) is 3.76. The molecule has 0 saturated heterocycles. The lowest BCUT2D eigenvalue weighted by atomic mass is 10.1. The molecule has 0 amide bonds. The molecule has 1 heterocycles. The van der Waals surface area contributed by atoms with Crippen molar-refractivity contribution in [1.82, 2.24) is 9.97 Å². The maximum absolute atomic E-state index is 9.34. The summed E-state index contributed by atoms with van der Waals surface area (Å²) in [7, 11) is 3.79. The molecule has 0 bridgehead atoms. The van der Waals surface area contributed by atoms with Crippen LogP contribution in [0.15, 0.2) is 66.2 Å². The first-order valence-corrected chi connectivity index (χ1v) is 9.71. The predicted molar refractivity (Wildman–Crippen MR) is 123 cm³/mol. The highest BCUT2D eigenvalue weighted by Crippen LogP contribution is 2.31. The van der Waals surface area contributed by atoms with Gasteiger partial charge in [-0.05, 0) is 17.2 Å². The fraction of sp³-hybridized carbons (Fsp3) is 0.167. The minimum atomic E-state index is -0.0305. The van der Waals surface area contributed by atoms with E-state index in [-0.39, 0.29) is 11.5 Å². The van der Waals surface area contributed by atoms with Crippen molar-refractivity contribution in [1.29, 1.82) is 10.5 Å². The Hall–Kier alpha value is -4.36. The number of rotatable bonds is 7. The largest absolute Gasteiger partial charge is 0.368 e. The number of anilines is 3. The van der Waals surface area contributed by atoms with Crippen LogP contribution >= 0.6 is 0 Å². The number of nitriles is 2. The molecular formula is C24H23N7. The van der Waals surface area contributed by atoms with Crippen LogP contribution in [0.5, 0.6) is 0 Å². The minimum Gasteiger partial charge on any atom is -0.368 e. The molecule has 0 aliphatic heterocycles. The van der Waals surface area contributed by atoms with Gasteiger partial charge in [-0.2, -0.15) is 20.5 Å². The van der Waals surface area contributed by atoms with Crippen molar-refractivity contribution in [2.45, 2.75) is 13.1 Å². The highest BCUT2D eigenvalue weighted by molar-refractivity contribution is 5.79. The van der Waals surface area contributed by atoms with E-state index in [0.717, 1.165) is 11.1 Å². The molecule has 0 radical (unpaired) electrons. The molecule has 0 aliphatic carbocycles. The highest BCUT2D eigenvalue weighted by Gasteiger charge is 2.19. The summed E-state index contributed by atoms with van der Waals surface area (Å²) < 4.78 is 0. The highest BCUT2D eigenvalue weighted by atomic mass is 15.2. The van der Waals surface area contributed by atoms with Gasteiger partial charge in [-0.1, -0.05) is 60.7 Å². The van der Waals surface area contributed by atoms with Crippen LogP contribution in [0.25, 0.3) is 6.08 Å². The van der Waals surface area contributed by atoms with Crippen LogP contribution in [-0.4, -0.2) is 24.1 Å².